The van der Waals surface area contributed by atoms with Gasteiger partial charge in [-0.3, -0.25) is 14.5 Å². The van der Waals surface area contributed by atoms with E-state index in [-0.39, 0.29) is 0 Å². The third-order valence-corrected chi connectivity index (χ3v) is 6.18. The van der Waals surface area contributed by atoms with Crippen LogP contribution in [0.2, 0.25) is 0 Å². The van der Waals surface area contributed by atoms with Crippen LogP contribution < -0.4 is 0 Å². The van der Waals surface area contributed by atoms with Crippen LogP contribution in [-0.2, 0) is 20.9 Å². The molecule has 158 valence electrons. The van der Waals surface area contributed by atoms with Crippen molar-refractivity contribution in [3.05, 3.63) is 76.3 Å². The zero-order valence-corrected chi connectivity index (χ0v) is 18.3. The quantitative estimate of drug-likeness (QED) is 0.434. The first-order chi connectivity index (χ1) is 14.9. The number of aromatic nitrogens is 1. The molecule has 0 N–H and O–H groups in total. The highest BCUT2D eigenvalue weighted by atomic mass is 32.2. The fraction of sp³-hybridized carbons (Fsp3) is 0.208. The van der Waals surface area contributed by atoms with E-state index >= 15 is 0 Å². The standard InChI is InChI=1S/C24H22N2O4S/c1-15-7-6-8-17(11-15)13-25-14-18(19-9-4-5-10-20(19)25)12-21-22(27)26(24(29)31-21)16(2)23(28)30-3/h4-12,14,16H,13H2,1-3H3/b21-12+/t16-/m0/s1. The fourth-order valence-electron chi connectivity index (χ4n) is 3.76. The summed E-state index contributed by atoms with van der Waals surface area (Å²) in [5, 5.41) is 0.514. The third kappa shape index (κ3) is 4.01. The molecule has 2 aromatic carbocycles. The van der Waals surface area contributed by atoms with Gasteiger partial charge in [0.25, 0.3) is 11.1 Å². The van der Waals surface area contributed by atoms with Crippen molar-refractivity contribution in [2.45, 2.75) is 26.4 Å². The average molecular weight is 435 g/mol. The Morgan fingerprint density at radius 1 is 1.16 bits per heavy atom. The summed E-state index contributed by atoms with van der Waals surface area (Å²) in [4.78, 5) is 38.3. The van der Waals surface area contributed by atoms with Crippen LogP contribution in [0, 0.1) is 6.92 Å². The number of fused-ring (bicyclic) bond motifs is 1. The number of rotatable bonds is 5. The highest BCUT2D eigenvalue weighted by Gasteiger charge is 2.41. The van der Waals surface area contributed by atoms with Crippen LogP contribution in [0.3, 0.4) is 0 Å². The number of nitrogens with zero attached hydrogens (tertiary/aromatic N) is 2. The number of hydrogen-bond acceptors (Lipinski definition) is 5. The molecular formula is C24H22N2O4S. The second-order valence-electron chi connectivity index (χ2n) is 7.47. The molecule has 4 rings (SSSR count). The maximum absolute atomic E-state index is 12.9. The van der Waals surface area contributed by atoms with Crippen LogP contribution in [0.5, 0.6) is 0 Å². The molecule has 0 bridgehead atoms. The Morgan fingerprint density at radius 2 is 1.94 bits per heavy atom. The summed E-state index contributed by atoms with van der Waals surface area (Å²) in [7, 11) is 1.23. The molecule has 2 heterocycles. The van der Waals surface area contributed by atoms with E-state index in [4.69, 9.17) is 0 Å². The predicted octanol–water partition coefficient (Wildman–Crippen LogP) is 4.60. The minimum absolute atomic E-state index is 0.291. The van der Waals surface area contributed by atoms with Gasteiger partial charge < -0.3 is 9.30 Å². The topological polar surface area (TPSA) is 68.6 Å². The molecule has 0 spiro atoms. The van der Waals surface area contributed by atoms with Crippen molar-refractivity contribution in [1.82, 2.24) is 9.47 Å². The lowest BCUT2D eigenvalue weighted by Crippen LogP contribution is -2.42. The van der Waals surface area contributed by atoms with Crippen LogP contribution in [0.1, 0.15) is 23.6 Å². The van der Waals surface area contributed by atoms with E-state index in [2.05, 4.69) is 34.4 Å². The lowest BCUT2D eigenvalue weighted by atomic mass is 10.1. The molecule has 0 aliphatic carbocycles. The minimum Gasteiger partial charge on any atom is -0.467 e. The van der Waals surface area contributed by atoms with Crippen LogP contribution in [-0.4, -0.2) is 39.7 Å². The molecular weight excluding hydrogens is 412 g/mol. The van der Waals surface area contributed by atoms with Gasteiger partial charge in [0, 0.05) is 29.2 Å². The van der Waals surface area contributed by atoms with Crippen molar-refractivity contribution < 1.29 is 19.1 Å². The monoisotopic (exact) mass is 434 g/mol. The van der Waals surface area contributed by atoms with Crippen LogP contribution in [0.25, 0.3) is 17.0 Å². The Labute approximate surface area is 184 Å². The molecule has 3 aromatic rings. The molecule has 7 heteroatoms. The number of carbonyl (C=O) groups is 3. The number of benzene rings is 2. The number of thioether (sulfide) groups is 1. The summed E-state index contributed by atoms with van der Waals surface area (Å²) in [6, 6.07) is 15.3. The van der Waals surface area contributed by atoms with E-state index < -0.39 is 23.2 Å². The SMILES string of the molecule is COC(=O)[C@H](C)N1C(=O)S/C(=C/c2cn(Cc3cccc(C)c3)c3ccccc23)C1=O. The summed E-state index contributed by atoms with van der Waals surface area (Å²) < 4.78 is 6.82. The molecule has 0 radical (unpaired) electrons. The Bertz CT molecular complexity index is 1230. The first-order valence-corrected chi connectivity index (χ1v) is 10.7. The summed E-state index contributed by atoms with van der Waals surface area (Å²) >= 11 is 0.838. The Kier molecular flexibility index (Phi) is 5.69. The smallest absolute Gasteiger partial charge is 0.328 e. The zero-order valence-electron chi connectivity index (χ0n) is 17.5. The molecule has 1 aliphatic rings. The van der Waals surface area contributed by atoms with Gasteiger partial charge in [-0.2, -0.15) is 0 Å². The second-order valence-corrected chi connectivity index (χ2v) is 8.46. The van der Waals surface area contributed by atoms with E-state index in [0.29, 0.717) is 11.4 Å². The lowest BCUT2D eigenvalue weighted by Gasteiger charge is -2.18. The Morgan fingerprint density at radius 3 is 2.68 bits per heavy atom. The van der Waals surface area contributed by atoms with E-state index in [1.165, 1.54) is 25.2 Å². The maximum atomic E-state index is 12.9. The number of imide groups is 1. The Balaban J connectivity index is 1.70. The third-order valence-electron chi connectivity index (χ3n) is 5.29. The molecule has 31 heavy (non-hydrogen) atoms. The van der Waals surface area contributed by atoms with Gasteiger partial charge in [-0.15, -0.1) is 0 Å². The van der Waals surface area contributed by atoms with E-state index in [1.807, 2.05) is 36.5 Å². The van der Waals surface area contributed by atoms with Crippen LogP contribution in [0.15, 0.2) is 59.6 Å². The Hall–Kier alpha value is -3.32. The number of aryl methyl sites for hydroxylation is 1. The normalized spacial score (nSPS) is 16.4. The fourth-order valence-corrected chi connectivity index (χ4v) is 4.66. The molecule has 1 saturated heterocycles. The average Bonchev–Trinajstić information content (AvgIpc) is 3.24. The van der Waals surface area contributed by atoms with Gasteiger partial charge in [0.15, 0.2) is 0 Å². The predicted molar refractivity (Wildman–Crippen MR) is 122 cm³/mol. The van der Waals surface area contributed by atoms with E-state index in [9.17, 15) is 14.4 Å². The van der Waals surface area contributed by atoms with Crippen LogP contribution >= 0.6 is 11.8 Å². The molecule has 0 saturated carbocycles. The van der Waals surface area contributed by atoms with E-state index in [0.717, 1.165) is 33.1 Å². The number of amides is 2. The summed E-state index contributed by atoms with van der Waals surface area (Å²) in [5.41, 5.74) is 4.26. The highest BCUT2D eigenvalue weighted by molar-refractivity contribution is 8.18. The van der Waals surface area contributed by atoms with Gasteiger partial charge in [0.05, 0.1) is 12.0 Å². The molecule has 6 nitrogen and oxygen atoms in total. The molecule has 0 unspecified atom stereocenters. The molecule has 1 aliphatic heterocycles. The number of methoxy groups -OCH3 is 1. The maximum Gasteiger partial charge on any atom is 0.328 e. The summed E-state index contributed by atoms with van der Waals surface area (Å²) in [5.74, 6) is -1.11. The van der Waals surface area contributed by atoms with Gasteiger partial charge in [-0.05, 0) is 43.3 Å². The van der Waals surface area contributed by atoms with Gasteiger partial charge in [0.1, 0.15) is 6.04 Å². The summed E-state index contributed by atoms with van der Waals surface area (Å²) in [6.07, 6.45) is 3.72. The zero-order chi connectivity index (χ0) is 22.1. The van der Waals surface area contributed by atoms with Crippen molar-refractivity contribution in [3.63, 3.8) is 0 Å². The first-order valence-electron chi connectivity index (χ1n) is 9.87. The molecule has 1 aromatic heterocycles. The van der Waals surface area contributed by atoms with E-state index in [1.54, 1.807) is 6.08 Å². The number of hydrogen-bond donors (Lipinski definition) is 0. The van der Waals surface area contributed by atoms with Crippen molar-refractivity contribution in [1.29, 1.82) is 0 Å². The van der Waals surface area contributed by atoms with Crippen molar-refractivity contribution in [2.24, 2.45) is 0 Å². The van der Waals surface area contributed by atoms with Gasteiger partial charge in [-0.1, -0.05) is 48.0 Å². The minimum atomic E-state index is -0.967. The van der Waals surface area contributed by atoms with Gasteiger partial charge in [-0.25, -0.2) is 4.79 Å². The number of ether oxygens (including phenoxy) is 1. The summed E-state index contributed by atoms with van der Waals surface area (Å²) in [6.45, 7) is 4.24. The first kappa shape index (κ1) is 20.9. The number of carbonyl (C=O) groups excluding carboxylic acids is 3. The molecule has 1 atom stereocenters. The van der Waals surface area contributed by atoms with Gasteiger partial charge in [0.2, 0.25) is 0 Å². The van der Waals surface area contributed by atoms with Crippen molar-refractivity contribution >= 4 is 45.9 Å². The largest absolute Gasteiger partial charge is 0.467 e. The van der Waals surface area contributed by atoms with Gasteiger partial charge >= 0.3 is 5.97 Å². The molecule has 2 amide bonds. The van der Waals surface area contributed by atoms with Crippen molar-refractivity contribution in [2.75, 3.05) is 7.11 Å². The number of esters is 1. The van der Waals surface area contributed by atoms with Crippen molar-refractivity contribution in [3.8, 4) is 0 Å². The molecule has 1 fully saturated rings. The lowest BCUT2D eigenvalue weighted by molar-refractivity contribution is -0.148. The van der Waals surface area contributed by atoms with Crippen LogP contribution in [0.4, 0.5) is 4.79 Å². The highest BCUT2D eigenvalue weighted by Crippen LogP contribution is 2.35. The second kappa shape index (κ2) is 8.43. The number of para-hydroxylation sites is 1.